The van der Waals surface area contributed by atoms with Crippen LogP contribution in [0.3, 0.4) is 0 Å². The van der Waals surface area contributed by atoms with Gasteiger partial charge in [0.2, 0.25) is 0 Å². The van der Waals surface area contributed by atoms with Crippen molar-refractivity contribution in [3.8, 4) is 5.75 Å². The summed E-state index contributed by atoms with van der Waals surface area (Å²) in [5.74, 6) is -1.52. The predicted molar refractivity (Wildman–Crippen MR) is 79.9 cm³/mol. The molecule has 0 aliphatic heterocycles. The standard InChI is InChI=1S/C16H23FN2O2/c1-3-19(2)16(8-4-5-9-16)11-18-15(21)12-6-7-14(20)13(17)10-12/h6-7,10,20H,3-5,8-9,11H2,1-2H3,(H,18,21). The molecule has 116 valence electrons. The lowest BCUT2D eigenvalue weighted by molar-refractivity contribution is 0.0874. The summed E-state index contributed by atoms with van der Waals surface area (Å²) in [6.07, 6.45) is 4.49. The summed E-state index contributed by atoms with van der Waals surface area (Å²) in [5.41, 5.74) is 0.248. The van der Waals surface area contributed by atoms with E-state index in [1.165, 1.54) is 25.0 Å². The summed E-state index contributed by atoms with van der Waals surface area (Å²) in [4.78, 5) is 14.4. The van der Waals surface area contributed by atoms with E-state index in [1.807, 2.05) is 0 Å². The first-order valence-corrected chi connectivity index (χ1v) is 7.46. The fourth-order valence-corrected chi connectivity index (χ4v) is 3.06. The molecule has 0 atom stereocenters. The van der Waals surface area contributed by atoms with Crippen LogP contribution in [0.1, 0.15) is 43.0 Å². The first-order chi connectivity index (χ1) is 9.98. The number of hydrogen-bond acceptors (Lipinski definition) is 3. The smallest absolute Gasteiger partial charge is 0.251 e. The fraction of sp³-hybridized carbons (Fsp3) is 0.562. The maximum Gasteiger partial charge on any atom is 0.251 e. The Morgan fingerprint density at radius 2 is 2.10 bits per heavy atom. The van der Waals surface area contributed by atoms with Gasteiger partial charge >= 0.3 is 0 Å². The molecule has 0 bridgehead atoms. The molecule has 2 rings (SSSR count). The van der Waals surface area contributed by atoms with Crippen LogP contribution in [0.5, 0.6) is 5.75 Å². The molecule has 0 saturated heterocycles. The van der Waals surface area contributed by atoms with Crippen molar-refractivity contribution in [1.29, 1.82) is 0 Å². The van der Waals surface area contributed by atoms with Crippen LogP contribution in [-0.4, -0.2) is 41.6 Å². The highest BCUT2D eigenvalue weighted by Gasteiger charge is 2.37. The minimum atomic E-state index is -0.774. The molecule has 1 amide bonds. The van der Waals surface area contributed by atoms with E-state index in [9.17, 15) is 9.18 Å². The first kappa shape index (κ1) is 15.8. The zero-order valence-corrected chi connectivity index (χ0v) is 12.7. The average Bonchev–Trinajstić information content (AvgIpc) is 2.97. The maximum atomic E-state index is 13.3. The summed E-state index contributed by atoms with van der Waals surface area (Å²) in [6.45, 7) is 3.61. The van der Waals surface area contributed by atoms with Gasteiger partial charge in [-0.3, -0.25) is 9.69 Å². The van der Waals surface area contributed by atoms with Crippen molar-refractivity contribution >= 4 is 5.91 Å². The summed E-state index contributed by atoms with van der Waals surface area (Å²) < 4.78 is 13.3. The molecular weight excluding hydrogens is 271 g/mol. The van der Waals surface area contributed by atoms with Gasteiger partial charge in [-0.15, -0.1) is 0 Å². The Bertz CT molecular complexity index is 513. The number of rotatable bonds is 5. The minimum absolute atomic E-state index is 0.0138. The van der Waals surface area contributed by atoms with E-state index in [0.29, 0.717) is 6.54 Å². The number of halogens is 1. The Hall–Kier alpha value is -1.62. The molecule has 0 heterocycles. The molecule has 1 fully saturated rings. The van der Waals surface area contributed by atoms with Crippen LogP contribution in [0.15, 0.2) is 18.2 Å². The zero-order chi connectivity index (χ0) is 15.5. The molecule has 1 aliphatic rings. The molecule has 1 aromatic rings. The predicted octanol–water partition coefficient (Wildman–Crippen LogP) is 2.53. The van der Waals surface area contributed by atoms with Gasteiger partial charge in [0.15, 0.2) is 11.6 Å². The highest BCUT2D eigenvalue weighted by molar-refractivity contribution is 5.94. The van der Waals surface area contributed by atoms with E-state index in [4.69, 9.17) is 5.11 Å². The third-order valence-electron chi connectivity index (χ3n) is 4.61. The highest BCUT2D eigenvalue weighted by Crippen LogP contribution is 2.33. The van der Waals surface area contributed by atoms with Crippen molar-refractivity contribution in [3.05, 3.63) is 29.6 Å². The number of likely N-dealkylation sites (N-methyl/N-ethyl adjacent to an activating group) is 1. The molecule has 1 aromatic carbocycles. The number of hydrogen-bond donors (Lipinski definition) is 2. The average molecular weight is 294 g/mol. The molecule has 0 aromatic heterocycles. The van der Waals surface area contributed by atoms with Gasteiger partial charge in [-0.1, -0.05) is 19.8 Å². The van der Waals surface area contributed by atoms with Crippen molar-refractivity contribution in [2.24, 2.45) is 0 Å². The number of carbonyl (C=O) groups is 1. The van der Waals surface area contributed by atoms with Crippen LogP contribution in [0.4, 0.5) is 4.39 Å². The largest absolute Gasteiger partial charge is 0.505 e. The Morgan fingerprint density at radius 1 is 1.43 bits per heavy atom. The molecule has 5 heteroatoms. The van der Waals surface area contributed by atoms with E-state index < -0.39 is 11.6 Å². The van der Waals surface area contributed by atoms with Crippen LogP contribution < -0.4 is 5.32 Å². The molecule has 2 N–H and O–H groups in total. The summed E-state index contributed by atoms with van der Waals surface area (Å²) in [5, 5.41) is 12.1. The van der Waals surface area contributed by atoms with Gasteiger partial charge in [0, 0.05) is 17.6 Å². The normalized spacial score (nSPS) is 17.1. The lowest BCUT2D eigenvalue weighted by Gasteiger charge is -2.38. The van der Waals surface area contributed by atoms with E-state index in [-0.39, 0.29) is 17.0 Å². The van der Waals surface area contributed by atoms with Crippen LogP contribution in [0.2, 0.25) is 0 Å². The van der Waals surface area contributed by atoms with Gasteiger partial charge in [0.25, 0.3) is 5.91 Å². The SMILES string of the molecule is CCN(C)C1(CNC(=O)c2ccc(O)c(F)c2)CCCC1. The van der Waals surface area contributed by atoms with Crippen LogP contribution in [0.25, 0.3) is 0 Å². The number of carbonyl (C=O) groups excluding carboxylic acids is 1. The van der Waals surface area contributed by atoms with Gasteiger partial charge in [-0.2, -0.15) is 0 Å². The molecular formula is C16H23FN2O2. The molecule has 1 aliphatic carbocycles. The minimum Gasteiger partial charge on any atom is -0.505 e. The van der Waals surface area contributed by atoms with Gasteiger partial charge in [0.05, 0.1) is 0 Å². The second kappa shape index (κ2) is 6.43. The number of benzene rings is 1. The Morgan fingerprint density at radius 3 is 2.67 bits per heavy atom. The second-order valence-corrected chi connectivity index (χ2v) is 5.79. The van der Waals surface area contributed by atoms with E-state index in [0.717, 1.165) is 25.5 Å². The summed E-state index contributed by atoms with van der Waals surface area (Å²) in [7, 11) is 2.08. The van der Waals surface area contributed by atoms with Gasteiger partial charge in [-0.05, 0) is 44.6 Å². The van der Waals surface area contributed by atoms with E-state index in [1.54, 1.807) is 0 Å². The number of nitrogens with one attached hydrogen (secondary N) is 1. The quantitative estimate of drug-likeness (QED) is 0.877. The lowest BCUT2D eigenvalue weighted by atomic mass is 9.95. The summed E-state index contributed by atoms with van der Waals surface area (Å²) >= 11 is 0. The zero-order valence-electron chi connectivity index (χ0n) is 12.7. The van der Waals surface area contributed by atoms with Gasteiger partial charge in [-0.25, -0.2) is 4.39 Å². The number of nitrogens with zero attached hydrogens (tertiary/aromatic N) is 1. The summed E-state index contributed by atoms with van der Waals surface area (Å²) in [6, 6.07) is 3.70. The van der Waals surface area contributed by atoms with Crippen LogP contribution in [0, 0.1) is 5.82 Å². The maximum absolute atomic E-state index is 13.3. The van der Waals surface area contributed by atoms with Crippen molar-refractivity contribution < 1.29 is 14.3 Å². The molecule has 4 nitrogen and oxygen atoms in total. The fourth-order valence-electron chi connectivity index (χ4n) is 3.06. The Balaban J connectivity index is 2.03. The van der Waals surface area contributed by atoms with Crippen molar-refractivity contribution in [1.82, 2.24) is 10.2 Å². The number of phenols is 1. The first-order valence-electron chi connectivity index (χ1n) is 7.46. The van der Waals surface area contributed by atoms with Crippen molar-refractivity contribution in [3.63, 3.8) is 0 Å². The van der Waals surface area contributed by atoms with E-state index in [2.05, 4.69) is 24.2 Å². The topological polar surface area (TPSA) is 52.6 Å². The molecule has 0 radical (unpaired) electrons. The highest BCUT2D eigenvalue weighted by atomic mass is 19.1. The van der Waals surface area contributed by atoms with Crippen LogP contribution >= 0.6 is 0 Å². The monoisotopic (exact) mass is 294 g/mol. The third kappa shape index (κ3) is 3.35. The Labute approximate surface area is 125 Å². The van der Waals surface area contributed by atoms with Crippen molar-refractivity contribution in [2.45, 2.75) is 38.1 Å². The van der Waals surface area contributed by atoms with Gasteiger partial charge in [0.1, 0.15) is 0 Å². The number of amides is 1. The van der Waals surface area contributed by atoms with Crippen molar-refractivity contribution in [2.75, 3.05) is 20.1 Å². The second-order valence-electron chi connectivity index (χ2n) is 5.79. The lowest BCUT2D eigenvalue weighted by Crippen LogP contribution is -2.52. The number of phenolic OH excluding ortho intramolecular Hbond substituents is 1. The molecule has 21 heavy (non-hydrogen) atoms. The molecule has 1 saturated carbocycles. The van der Waals surface area contributed by atoms with Crippen LogP contribution in [-0.2, 0) is 0 Å². The number of aromatic hydroxyl groups is 1. The molecule has 0 unspecified atom stereocenters. The Kier molecular flexibility index (Phi) is 4.83. The molecule has 0 spiro atoms. The van der Waals surface area contributed by atoms with Gasteiger partial charge < -0.3 is 10.4 Å². The third-order valence-corrected chi connectivity index (χ3v) is 4.61. The van der Waals surface area contributed by atoms with E-state index >= 15 is 0 Å².